The molecule has 2 fully saturated rings. The quantitative estimate of drug-likeness (QED) is 0.763. The van der Waals surface area contributed by atoms with Gasteiger partial charge in [-0.1, -0.05) is 26.2 Å². The van der Waals surface area contributed by atoms with E-state index < -0.39 is 11.5 Å². The van der Waals surface area contributed by atoms with Crippen LogP contribution in [0.25, 0.3) is 0 Å². The fourth-order valence-electron chi connectivity index (χ4n) is 3.06. The van der Waals surface area contributed by atoms with Gasteiger partial charge in [-0.3, -0.25) is 4.79 Å². The summed E-state index contributed by atoms with van der Waals surface area (Å²) in [6, 6.07) is 0. The second kappa shape index (κ2) is 5.57. The van der Waals surface area contributed by atoms with Gasteiger partial charge in [-0.2, -0.15) is 0 Å². The zero-order chi connectivity index (χ0) is 13.2. The van der Waals surface area contributed by atoms with Crippen LogP contribution in [0.4, 0.5) is 0 Å². The molecule has 4 nitrogen and oxygen atoms in total. The van der Waals surface area contributed by atoms with E-state index in [4.69, 9.17) is 10.5 Å². The molecule has 0 bridgehead atoms. The summed E-state index contributed by atoms with van der Waals surface area (Å²) >= 11 is 0. The summed E-state index contributed by atoms with van der Waals surface area (Å²) in [4.78, 5) is 11.3. The smallest absolute Gasteiger partial charge is 0.326 e. The van der Waals surface area contributed by atoms with Crippen molar-refractivity contribution in [1.29, 1.82) is 0 Å². The Hall–Kier alpha value is -0.610. The van der Waals surface area contributed by atoms with E-state index >= 15 is 0 Å². The van der Waals surface area contributed by atoms with Crippen LogP contribution in [0.1, 0.15) is 51.9 Å². The first-order valence-electron chi connectivity index (χ1n) is 7.21. The maximum absolute atomic E-state index is 11.3. The molecule has 0 aromatic rings. The minimum atomic E-state index is -1.16. The Kier molecular flexibility index (Phi) is 4.28. The molecule has 2 rings (SSSR count). The van der Waals surface area contributed by atoms with E-state index in [-0.39, 0.29) is 18.6 Å². The number of rotatable bonds is 6. The summed E-state index contributed by atoms with van der Waals surface area (Å²) in [5.41, 5.74) is 4.87. The van der Waals surface area contributed by atoms with Gasteiger partial charge in [0.15, 0.2) is 0 Å². The highest BCUT2D eigenvalue weighted by molar-refractivity contribution is 5.79. The van der Waals surface area contributed by atoms with Crippen LogP contribution in [0.2, 0.25) is 0 Å². The molecule has 3 unspecified atom stereocenters. The van der Waals surface area contributed by atoms with Gasteiger partial charge in [0.05, 0.1) is 12.7 Å². The number of carbonyl (C=O) groups is 1. The minimum Gasteiger partial charge on any atom is -0.480 e. The third-order valence-corrected chi connectivity index (χ3v) is 4.60. The first-order valence-corrected chi connectivity index (χ1v) is 7.21. The number of aliphatic carboxylic acids is 1. The van der Waals surface area contributed by atoms with E-state index in [1.165, 1.54) is 19.3 Å². The van der Waals surface area contributed by atoms with Crippen LogP contribution in [0.3, 0.4) is 0 Å². The van der Waals surface area contributed by atoms with Crippen molar-refractivity contribution < 1.29 is 14.6 Å². The van der Waals surface area contributed by atoms with E-state index in [9.17, 15) is 9.90 Å². The number of carboxylic acids is 1. The summed E-state index contributed by atoms with van der Waals surface area (Å²) in [5, 5.41) is 9.29. The van der Waals surface area contributed by atoms with Gasteiger partial charge in [-0.15, -0.1) is 0 Å². The Morgan fingerprint density at radius 1 is 1.33 bits per heavy atom. The summed E-state index contributed by atoms with van der Waals surface area (Å²) < 4.78 is 5.91. The third kappa shape index (κ3) is 2.86. The Bertz CT molecular complexity index is 303. The van der Waals surface area contributed by atoms with Crippen molar-refractivity contribution in [3.63, 3.8) is 0 Å². The molecule has 4 heteroatoms. The van der Waals surface area contributed by atoms with Crippen molar-refractivity contribution in [2.45, 2.75) is 63.5 Å². The van der Waals surface area contributed by atoms with Gasteiger partial charge in [0.1, 0.15) is 5.54 Å². The van der Waals surface area contributed by atoms with E-state index in [0.717, 1.165) is 25.7 Å². The highest BCUT2D eigenvalue weighted by atomic mass is 16.5. The Morgan fingerprint density at radius 2 is 2.00 bits per heavy atom. The van der Waals surface area contributed by atoms with Crippen LogP contribution < -0.4 is 5.73 Å². The molecule has 18 heavy (non-hydrogen) atoms. The normalized spacial score (nSPS) is 31.9. The number of hydrogen-bond donors (Lipinski definition) is 2. The van der Waals surface area contributed by atoms with Gasteiger partial charge >= 0.3 is 5.97 Å². The lowest BCUT2D eigenvalue weighted by atomic mass is 9.84. The lowest BCUT2D eigenvalue weighted by molar-refractivity contribution is -0.149. The topological polar surface area (TPSA) is 72.5 Å². The number of ether oxygens (including phenoxy) is 1. The maximum atomic E-state index is 11.3. The van der Waals surface area contributed by atoms with Gasteiger partial charge in [0, 0.05) is 0 Å². The van der Waals surface area contributed by atoms with Crippen molar-refractivity contribution >= 4 is 5.97 Å². The first-order chi connectivity index (χ1) is 8.58. The summed E-state index contributed by atoms with van der Waals surface area (Å²) in [5.74, 6) is -0.219. The third-order valence-electron chi connectivity index (χ3n) is 4.60. The number of hydrogen-bond acceptors (Lipinski definition) is 3. The molecule has 0 aromatic carbocycles. The Balaban J connectivity index is 1.90. The van der Waals surface area contributed by atoms with Crippen LogP contribution in [0, 0.1) is 11.8 Å². The minimum absolute atomic E-state index is 0.110. The Morgan fingerprint density at radius 3 is 2.56 bits per heavy atom. The fourth-order valence-corrected chi connectivity index (χ4v) is 3.06. The van der Waals surface area contributed by atoms with Crippen LogP contribution in [-0.2, 0) is 9.53 Å². The number of carboxylic acid groups (broad SMARTS) is 1. The van der Waals surface area contributed by atoms with Gasteiger partial charge < -0.3 is 15.6 Å². The molecule has 2 saturated carbocycles. The Labute approximate surface area is 109 Å². The van der Waals surface area contributed by atoms with Gasteiger partial charge in [0.25, 0.3) is 0 Å². The number of nitrogens with two attached hydrogens (primary N) is 1. The molecule has 3 N–H and O–H groups in total. The van der Waals surface area contributed by atoms with Gasteiger partial charge in [-0.25, -0.2) is 0 Å². The van der Waals surface area contributed by atoms with Crippen LogP contribution in [0.5, 0.6) is 0 Å². The second-order valence-electron chi connectivity index (χ2n) is 5.92. The monoisotopic (exact) mass is 255 g/mol. The predicted octanol–water partition coefficient (Wildman–Crippen LogP) is 2.16. The molecular weight excluding hydrogens is 230 g/mol. The molecule has 0 saturated heterocycles. The SMILES string of the molecule is CCC1CCCCC1OCC(N)(C(=O)O)C1CC1. The zero-order valence-corrected chi connectivity index (χ0v) is 11.2. The average molecular weight is 255 g/mol. The maximum Gasteiger partial charge on any atom is 0.326 e. The lowest BCUT2D eigenvalue weighted by Gasteiger charge is -2.34. The average Bonchev–Trinajstić information content (AvgIpc) is 3.20. The van der Waals surface area contributed by atoms with E-state index in [1.54, 1.807) is 0 Å². The molecule has 0 spiro atoms. The van der Waals surface area contributed by atoms with Crippen molar-refractivity contribution in [1.82, 2.24) is 0 Å². The van der Waals surface area contributed by atoms with Crippen molar-refractivity contribution in [2.24, 2.45) is 17.6 Å². The standard InChI is InChI=1S/C14H25NO3/c1-2-10-5-3-4-6-12(10)18-9-14(15,13(16)17)11-7-8-11/h10-12H,2-9,15H2,1H3,(H,16,17). The fraction of sp³-hybridized carbons (Fsp3) is 0.929. The van der Waals surface area contributed by atoms with Gasteiger partial charge in [-0.05, 0) is 37.5 Å². The zero-order valence-electron chi connectivity index (χ0n) is 11.2. The van der Waals surface area contributed by atoms with Crippen molar-refractivity contribution in [3.8, 4) is 0 Å². The highest BCUT2D eigenvalue weighted by Crippen LogP contribution is 2.39. The molecule has 0 amide bonds. The van der Waals surface area contributed by atoms with E-state index in [0.29, 0.717) is 5.92 Å². The highest BCUT2D eigenvalue weighted by Gasteiger charge is 2.49. The van der Waals surface area contributed by atoms with Crippen molar-refractivity contribution in [2.75, 3.05) is 6.61 Å². The predicted molar refractivity (Wildman–Crippen MR) is 69.3 cm³/mol. The molecule has 0 heterocycles. The van der Waals surface area contributed by atoms with E-state index in [2.05, 4.69) is 6.92 Å². The molecule has 0 aromatic heterocycles. The summed E-state index contributed by atoms with van der Waals surface area (Å²) in [7, 11) is 0. The summed E-state index contributed by atoms with van der Waals surface area (Å²) in [6.07, 6.45) is 7.89. The molecule has 3 atom stereocenters. The van der Waals surface area contributed by atoms with E-state index in [1.807, 2.05) is 0 Å². The molecule has 2 aliphatic carbocycles. The first kappa shape index (κ1) is 13.8. The lowest BCUT2D eigenvalue weighted by Crippen LogP contribution is -2.55. The molecule has 0 radical (unpaired) electrons. The van der Waals surface area contributed by atoms with Crippen molar-refractivity contribution in [3.05, 3.63) is 0 Å². The van der Waals surface area contributed by atoms with Crippen LogP contribution in [0.15, 0.2) is 0 Å². The molecule has 2 aliphatic rings. The summed E-state index contributed by atoms with van der Waals surface area (Å²) in [6.45, 7) is 2.36. The van der Waals surface area contributed by atoms with Crippen LogP contribution >= 0.6 is 0 Å². The largest absolute Gasteiger partial charge is 0.480 e. The van der Waals surface area contributed by atoms with Gasteiger partial charge in [0.2, 0.25) is 0 Å². The molecule has 104 valence electrons. The van der Waals surface area contributed by atoms with Crippen LogP contribution in [-0.4, -0.2) is 29.3 Å². The molecular formula is C14H25NO3. The molecule has 0 aliphatic heterocycles. The second-order valence-corrected chi connectivity index (χ2v) is 5.92.